The molecule has 0 saturated heterocycles. The van der Waals surface area contributed by atoms with E-state index < -0.39 is 0 Å². The third-order valence-corrected chi connectivity index (χ3v) is 3.33. The van der Waals surface area contributed by atoms with E-state index in [1.54, 1.807) is 18.2 Å². The van der Waals surface area contributed by atoms with Crippen LogP contribution in [0.2, 0.25) is 0 Å². The lowest BCUT2D eigenvalue weighted by atomic mass is 10.2. The minimum atomic E-state index is -0.256. The first-order valence-corrected chi connectivity index (χ1v) is 6.10. The maximum absolute atomic E-state index is 12.9. The van der Waals surface area contributed by atoms with E-state index in [0.29, 0.717) is 5.56 Å². The van der Waals surface area contributed by atoms with Crippen molar-refractivity contribution >= 4 is 27.3 Å². The van der Waals surface area contributed by atoms with Crippen LogP contribution in [-0.4, -0.2) is 7.05 Å². The van der Waals surface area contributed by atoms with Crippen LogP contribution in [0.15, 0.2) is 46.9 Å². The third kappa shape index (κ3) is 2.52. The molecule has 0 fully saturated rings. The summed E-state index contributed by atoms with van der Waals surface area (Å²) < 4.78 is 13.6. The van der Waals surface area contributed by atoms with Gasteiger partial charge in [-0.2, -0.15) is 5.26 Å². The van der Waals surface area contributed by atoms with Gasteiger partial charge in [-0.25, -0.2) is 4.39 Å². The number of anilines is 2. The molecule has 2 rings (SSSR count). The van der Waals surface area contributed by atoms with E-state index in [9.17, 15) is 4.39 Å². The highest BCUT2D eigenvalue weighted by atomic mass is 79.9. The second kappa shape index (κ2) is 5.19. The monoisotopic (exact) mass is 304 g/mol. The lowest BCUT2D eigenvalue weighted by molar-refractivity contribution is 0.628. The third-order valence-electron chi connectivity index (χ3n) is 2.67. The first-order valence-electron chi connectivity index (χ1n) is 5.31. The Labute approximate surface area is 113 Å². The number of nitriles is 1. The Bertz CT molecular complexity index is 602. The van der Waals surface area contributed by atoms with Crippen LogP contribution in [0.3, 0.4) is 0 Å². The number of halogens is 2. The highest BCUT2D eigenvalue weighted by Crippen LogP contribution is 2.28. The van der Waals surface area contributed by atoms with Gasteiger partial charge in [0.15, 0.2) is 0 Å². The van der Waals surface area contributed by atoms with Gasteiger partial charge in [-0.3, -0.25) is 0 Å². The molecule has 4 heteroatoms. The molecule has 0 radical (unpaired) electrons. The molecule has 2 aromatic carbocycles. The molecule has 0 saturated carbocycles. The molecule has 0 aliphatic rings. The summed E-state index contributed by atoms with van der Waals surface area (Å²) in [5.74, 6) is -0.256. The maximum atomic E-state index is 12.9. The van der Waals surface area contributed by atoms with Crippen molar-refractivity contribution < 1.29 is 4.39 Å². The van der Waals surface area contributed by atoms with Crippen LogP contribution >= 0.6 is 15.9 Å². The molecule has 90 valence electrons. The second-order valence-electron chi connectivity index (χ2n) is 3.81. The predicted octanol–water partition coefficient (Wildman–Crippen LogP) is 4.23. The standard InChI is InChI=1S/C14H10BrFN2/c1-18(12-6-3-11(16)4-7-12)13-5-2-10(9-17)14(15)8-13/h2-8H,1H3. The summed E-state index contributed by atoms with van der Waals surface area (Å²) in [6.07, 6.45) is 0. The van der Waals surface area contributed by atoms with Crippen molar-refractivity contribution in [2.24, 2.45) is 0 Å². The van der Waals surface area contributed by atoms with Crippen molar-refractivity contribution in [3.05, 3.63) is 58.3 Å². The van der Waals surface area contributed by atoms with Crippen molar-refractivity contribution in [1.29, 1.82) is 5.26 Å². The van der Waals surface area contributed by atoms with Gasteiger partial charge in [-0.1, -0.05) is 0 Å². The quantitative estimate of drug-likeness (QED) is 0.830. The highest BCUT2D eigenvalue weighted by molar-refractivity contribution is 9.10. The predicted molar refractivity (Wildman–Crippen MR) is 73.3 cm³/mol. The Morgan fingerprint density at radius 2 is 1.72 bits per heavy atom. The molecule has 0 N–H and O–H groups in total. The number of rotatable bonds is 2. The van der Waals surface area contributed by atoms with Crippen molar-refractivity contribution in [3.8, 4) is 6.07 Å². The SMILES string of the molecule is CN(c1ccc(F)cc1)c1ccc(C#N)c(Br)c1. The molecule has 2 aromatic rings. The van der Waals surface area contributed by atoms with Gasteiger partial charge in [0.1, 0.15) is 11.9 Å². The van der Waals surface area contributed by atoms with E-state index in [2.05, 4.69) is 22.0 Å². The van der Waals surface area contributed by atoms with Crippen LogP contribution < -0.4 is 4.90 Å². The van der Waals surface area contributed by atoms with Gasteiger partial charge in [0, 0.05) is 22.9 Å². The van der Waals surface area contributed by atoms with Crippen LogP contribution in [0, 0.1) is 17.1 Å². The van der Waals surface area contributed by atoms with Crippen LogP contribution in [0.5, 0.6) is 0 Å². The molecule has 0 amide bonds. The fourth-order valence-electron chi connectivity index (χ4n) is 1.62. The van der Waals surface area contributed by atoms with Crippen molar-refractivity contribution in [3.63, 3.8) is 0 Å². The zero-order valence-corrected chi connectivity index (χ0v) is 11.3. The summed E-state index contributed by atoms with van der Waals surface area (Å²) in [4.78, 5) is 1.92. The molecular weight excluding hydrogens is 295 g/mol. The molecule has 0 heterocycles. The Morgan fingerprint density at radius 3 is 2.28 bits per heavy atom. The van der Waals surface area contributed by atoms with Crippen LogP contribution in [-0.2, 0) is 0 Å². The number of hydrogen-bond donors (Lipinski definition) is 0. The first kappa shape index (κ1) is 12.6. The molecule has 0 bridgehead atoms. The van der Waals surface area contributed by atoms with Gasteiger partial charge in [0.2, 0.25) is 0 Å². The van der Waals surface area contributed by atoms with Gasteiger partial charge in [-0.05, 0) is 58.4 Å². The molecule has 0 aromatic heterocycles. The lowest BCUT2D eigenvalue weighted by Crippen LogP contribution is -2.09. The van der Waals surface area contributed by atoms with E-state index >= 15 is 0 Å². The zero-order valence-electron chi connectivity index (χ0n) is 9.69. The van der Waals surface area contributed by atoms with E-state index in [4.69, 9.17) is 5.26 Å². The lowest BCUT2D eigenvalue weighted by Gasteiger charge is -2.19. The van der Waals surface area contributed by atoms with Crippen LogP contribution in [0.4, 0.5) is 15.8 Å². The fraction of sp³-hybridized carbons (Fsp3) is 0.0714. The maximum Gasteiger partial charge on any atom is 0.123 e. The number of nitrogens with zero attached hydrogens (tertiary/aromatic N) is 2. The normalized spacial score (nSPS) is 9.89. The molecule has 0 spiro atoms. The summed E-state index contributed by atoms with van der Waals surface area (Å²) >= 11 is 3.35. The average Bonchev–Trinajstić information content (AvgIpc) is 2.38. The molecule has 0 aliphatic heterocycles. The zero-order chi connectivity index (χ0) is 13.1. The van der Waals surface area contributed by atoms with E-state index in [-0.39, 0.29) is 5.82 Å². The van der Waals surface area contributed by atoms with Gasteiger partial charge >= 0.3 is 0 Å². The molecule has 0 atom stereocenters. The van der Waals surface area contributed by atoms with Gasteiger partial charge in [0.25, 0.3) is 0 Å². The minimum Gasteiger partial charge on any atom is -0.345 e. The van der Waals surface area contributed by atoms with Gasteiger partial charge < -0.3 is 4.90 Å². The number of hydrogen-bond acceptors (Lipinski definition) is 2. The summed E-state index contributed by atoms with van der Waals surface area (Å²) in [5, 5.41) is 8.86. The van der Waals surface area contributed by atoms with Crippen LogP contribution in [0.25, 0.3) is 0 Å². The second-order valence-corrected chi connectivity index (χ2v) is 4.67. The summed E-state index contributed by atoms with van der Waals surface area (Å²) in [5.41, 5.74) is 2.40. The highest BCUT2D eigenvalue weighted by Gasteiger charge is 2.06. The Hall–Kier alpha value is -1.86. The minimum absolute atomic E-state index is 0.256. The van der Waals surface area contributed by atoms with Crippen molar-refractivity contribution in [1.82, 2.24) is 0 Å². The molecule has 2 nitrogen and oxygen atoms in total. The number of benzene rings is 2. The summed E-state index contributed by atoms with van der Waals surface area (Å²) in [6.45, 7) is 0. The van der Waals surface area contributed by atoms with E-state index in [0.717, 1.165) is 15.8 Å². The van der Waals surface area contributed by atoms with E-state index in [1.807, 2.05) is 24.1 Å². The summed E-state index contributed by atoms with van der Waals surface area (Å²) in [6, 6.07) is 13.8. The molecule has 0 unspecified atom stereocenters. The Morgan fingerprint density at radius 1 is 1.11 bits per heavy atom. The van der Waals surface area contributed by atoms with Gasteiger partial charge in [0.05, 0.1) is 5.56 Å². The topological polar surface area (TPSA) is 27.0 Å². The van der Waals surface area contributed by atoms with Crippen LogP contribution in [0.1, 0.15) is 5.56 Å². The smallest absolute Gasteiger partial charge is 0.123 e. The molecular formula is C14H10BrFN2. The van der Waals surface area contributed by atoms with E-state index in [1.165, 1.54) is 12.1 Å². The van der Waals surface area contributed by atoms with Gasteiger partial charge in [-0.15, -0.1) is 0 Å². The average molecular weight is 305 g/mol. The largest absolute Gasteiger partial charge is 0.345 e. The van der Waals surface area contributed by atoms with Crippen molar-refractivity contribution in [2.75, 3.05) is 11.9 Å². The fourth-order valence-corrected chi connectivity index (χ4v) is 2.07. The summed E-state index contributed by atoms with van der Waals surface area (Å²) in [7, 11) is 1.89. The van der Waals surface area contributed by atoms with Crippen molar-refractivity contribution in [2.45, 2.75) is 0 Å². The first-order chi connectivity index (χ1) is 8.61. The molecule has 0 aliphatic carbocycles. The Balaban J connectivity index is 2.34. The molecule has 18 heavy (non-hydrogen) atoms. The Kier molecular flexibility index (Phi) is 3.63.